The van der Waals surface area contributed by atoms with Crippen LogP contribution in [0.1, 0.15) is 28.8 Å². The Kier molecular flexibility index (Phi) is 10.00. The molecule has 0 bridgehead atoms. The van der Waals surface area contributed by atoms with E-state index in [1.807, 2.05) is 13.1 Å². The van der Waals surface area contributed by atoms with Crippen molar-refractivity contribution in [2.45, 2.75) is 25.8 Å². The molecule has 1 atom stereocenters. The second-order valence-corrected chi connectivity index (χ2v) is 5.05. The smallest absolute Gasteiger partial charge is 0.210 e. The van der Waals surface area contributed by atoms with Crippen molar-refractivity contribution in [3.8, 4) is 0 Å². The molecular weight excluding hydrogens is 295 g/mol. The van der Waals surface area contributed by atoms with E-state index in [1.54, 1.807) is 18.9 Å². The van der Waals surface area contributed by atoms with Crippen LogP contribution in [0.3, 0.4) is 0 Å². The minimum atomic E-state index is -0.303. The summed E-state index contributed by atoms with van der Waals surface area (Å²) in [5.74, 6) is -0.303. The maximum absolute atomic E-state index is 12.4. The van der Waals surface area contributed by atoms with Crippen LogP contribution in [0.25, 0.3) is 0 Å². The van der Waals surface area contributed by atoms with Gasteiger partial charge in [-0.1, -0.05) is 12.7 Å². The first-order chi connectivity index (χ1) is 10.9. The molecule has 1 amide bonds. The lowest BCUT2D eigenvalue weighted by molar-refractivity contribution is -0.118. The maximum atomic E-state index is 12.4. The van der Waals surface area contributed by atoms with E-state index in [9.17, 15) is 14.0 Å². The number of carbonyl (C=O) groups is 2. The molecular formula is C18H25FN2O2. The molecule has 4 nitrogen and oxygen atoms in total. The molecule has 5 heteroatoms. The predicted octanol–water partition coefficient (Wildman–Crippen LogP) is 3.09. The number of nitrogens with zero attached hydrogens (tertiary/aromatic N) is 1. The Morgan fingerprint density at radius 3 is 2.52 bits per heavy atom. The lowest BCUT2D eigenvalue weighted by Crippen LogP contribution is -2.35. The Balaban J connectivity index is 0.000000433. The Bertz CT molecular complexity index is 544. The summed E-state index contributed by atoms with van der Waals surface area (Å²) < 4.78 is 12.4. The van der Waals surface area contributed by atoms with Crippen LogP contribution in [-0.4, -0.2) is 37.7 Å². The molecule has 0 aliphatic carbocycles. The number of likely N-dealkylation sites (N-methyl/N-ethyl adjacent to an activating group) is 2. The summed E-state index contributed by atoms with van der Waals surface area (Å²) in [6, 6.07) is 4.14. The van der Waals surface area contributed by atoms with Crippen molar-refractivity contribution in [2.75, 3.05) is 14.1 Å². The molecule has 1 rings (SSSR count). The molecule has 0 aromatic heterocycles. The van der Waals surface area contributed by atoms with Gasteiger partial charge in [0.1, 0.15) is 12.1 Å². The van der Waals surface area contributed by atoms with E-state index >= 15 is 0 Å². The number of carbonyl (C=O) groups excluding carboxylic acids is 2. The summed E-state index contributed by atoms with van der Waals surface area (Å²) in [5, 5.41) is 2.96. The van der Waals surface area contributed by atoms with Gasteiger partial charge in [-0.25, -0.2) is 4.39 Å². The van der Waals surface area contributed by atoms with E-state index in [1.165, 1.54) is 18.2 Å². The minimum Gasteiger partial charge on any atom is -0.390 e. The van der Waals surface area contributed by atoms with E-state index in [2.05, 4.69) is 18.5 Å². The number of nitrogens with one attached hydrogen (secondary N) is 1. The number of allylic oxidation sites excluding steroid dienone is 1. The maximum Gasteiger partial charge on any atom is 0.210 e. The minimum absolute atomic E-state index is 0.0560. The largest absolute Gasteiger partial charge is 0.390 e. The lowest BCUT2D eigenvalue weighted by atomic mass is 10.1. The van der Waals surface area contributed by atoms with Gasteiger partial charge in [0, 0.05) is 25.4 Å². The number of aryl methyl sites for hydroxylation is 1. The highest BCUT2D eigenvalue weighted by atomic mass is 19.1. The average molecular weight is 320 g/mol. The van der Waals surface area contributed by atoms with Gasteiger partial charge in [-0.05, 0) is 43.5 Å². The standard InChI is InChI=1S/C10H18N2O.C8H7FO/c1-5-6-7-10(9(2)11-3)12(4)8-13;1-6-4-8(9)3-2-7(6)5-10/h5,8,10-11H,1-2,6-7H2,3-4H3;2-5H,1H3. The highest BCUT2D eigenvalue weighted by Crippen LogP contribution is 2.10. The number of hydrogen-bond donors (Lipinski definition) is 1. The van der Waals surface area contributed by atoms with Gasteiger partial charge < -0.3 is 10.2 Å². The molecule has 1 aromatic carbocycles. The van der Waals surface area contributed by atoms with Crippen LogP contribution in [-0.2, 0) is 4.79 Å². The molecule has 23 heavy (non-hydrogen) atoms. The number of hydrogen-bond acceptors (Lipinski definition) is 3. The summed E-state index contributed by atoms with van der Waals surface area (Å²) in [6.45, 7) is 9.20. The molecule has 0 aliphatic heterocycles. The van der Waals surface area contributed by atoms with Crippen LogP contribution in [0.4, 0.5) is 4.39 Å². The van der Waals surface area contributed by atoms with Gasteiger partial charge in [-0.3, -0.25) is 9.59 Å². The van der Waals surface area contributed by atoms with Crippen molar-refractivity contribution >= 4 is 12.7 Å². The molecule has 1 aromatic rings. The fourth-order valence-corrected chi connectivity index (χ4v) is 1.91. The van der Waals surface area contributed by atoms with Gasteiger partial charge in [-0.15, -0.1) is 6.58 Å². The van der Waals surface area contributed by atoms with Crippen molar-refractivity contribution in [2.24, 2.45) is 0 Å². The number of aldehydes is 1. The van der Waals surface area contributed by atoms with Gasteiger partial charge >= 0.3 is 0 Å². The van der Waals surface area contributed by atoms with Crippen molar-refractivity contribution in [1.29, 1.82) is 0 Å². The molecule has 0 saturated heterocycles. The van der Waals surface area contributed by atoms with Crippen LogP contribution in [0.15, 0.2) is 43.1 Å². The normalized spacial score (nSPS) is 10.6. The zero-order valence-corrected chi connectivity index (χ0v) is 14.0. The van der Waals surface area contributed by atoms with Crippen LogP contribution < -0.4 is 5.32 Å². The van der Waals surface area contributed by atoms with Crippen molar-refractivity contribution in [3.05, 3.63) is 60.1 Å². The second kappa shape index (κ2) is 11.2. The summed E-state index contributed by atoms with van der Waals surface area (Å²) in [4.78, 5) is 22.4. The van der Waals surface area contributed by atoms with E-state index in [0.717, 1.165) is 31.2 Å². The van der Waals surface area contributed by atoms with Gasteiger partial charge in [-0.2, -0.15) is 0 Å². The molecule has 0 fully saturated rings. The van der Waals surface area contributed by atoms with Crippen molar-refractivity contribution in [3.63, 3.8) is 0 Å². The fraction of sp³-hybridized carbons (Fsp3) is 0.333. The monoisotopic (exact) mass is 320 g/mol. The van der Waals surface area contributed by atoms with Gasteiger partial charge in [0.2, 0.25) is 6.41 Å². The molecule has 0 spiro atoms. The first kappa shape index (κ1) is 20.6. The Labute approximate surface area is 137 Å². The molecule has 0 radical (unpaired) electrons. The molecule has 0 aliphatic rings. The summed E-state index contributed by atoms with van der Waals surface area (Å²) >= 11 is 0. The highest BCUT2D eigenvalue weighted by molar-refractivity contribution is 5.76. The Morgan fingerprint density at radius 1 is 1.43 bits per heavy atom. The fourth-order valence-electron chi connectivity index (χ4n) is 1.91. The van der Waals surface area contributed by atoms with Crippen LogP contribution >= 0.6 is 0 Å². The first-order valence-corrected chi connectivity index (χ1v) is 7.27. The SMILES string of the molecule is C=CCCC(C(=C)NC)N(C)C=O.Cc1cc(F)ccc1C=O. The topological polar surface area (TPSA) is 49.4 Å². The second-order valence-electron chi connectivity index (χ2n) is 5.05. The van der Waals surface area contributed by atoms with Crippen LogP contribution in [0.2, 0.25) is 0 Å². The zero-order chi connectivity index (χ0) is 17.8. The summed E-state index contributed by atoms with van der Waals surface area (Å²) in [6.07, 6.45) is 5.11. The van der Waals surface area contributed by atoms with Crippen molar-refractivity contribution in [1.82, 2.24) is 10.2 Å². The third-order valence-electron chi connectivity index (χ3n) is 3.38. The van der Waals surface area contributed by atoms with Gasteiger partial charge in [0.15, 0.2) is 0 Å². The number of benzene rings is 1. The molecule has 1 unspecified atom stereocenters. The van der Waals surface area contributed by atoms with Crippen LogP contribution in [0, 0.1) is 12.7 Å². The van der Waals surface area contributed by atoms with Gasteiger partial charge in [0.05, 0.1) is 6.04 Å². The Hall–Kier alpha value is -2.43. The van der Waals surface area contributed by atoms with Crippen LogP contribution in [0.5, 0.6) is 0 Å². The molecule has 1 N–H and O–H groups in total. The van der Waals surface area contributed by atoms with E-state index < -0.39 is 0 Å². The molecule has 126 valence electrons. The number of amides is 1. The number of rotatable bonds is 8. The van der Waals surface area contributed by atoms with E-state index in [0.29, 0.717) is 11.1 Å². The highest BCUT2D eigenvalue weighted by Gasteiger charge is 2.14. The zero-order valence-electron chi connectivity index (χ0n) is 14.0. The van der Waals surface area contributed by atoms with E-state index in [4.69, 9.17) is 0 Å². The third-order valence-corrected chi connectivity index (χ3v) is 3.38. The number of halogens is 1. The first-order valence-electron chi connectivity index (χ1n) is 7.27. The lowest BCUT2D eigenvalue weighted by Gasteiger charge is -2.25. The Morgan fingerprint density at radius 2 is 2.09 bits per heavy atom. The predicted molar refractivity (Wildman–Crippen MR) is 91.8 cm³/mol. The summed E-state index contributed by atoms with van der Waals surface area (Å²) in [7, 11) is 3.56. The van der Waals surface area contributed by atoms with Gasteiger partial charge in [0.25, 0.3) is 0 Å². The van der Waals surface area contributed by atoms with E-state index in [-0.39, 0.29) is 11.9 Å². The quantitative estimate of drug-likeness (QED) is 0.591. The third kappa shape index (κ3) is 7.40. The molecule has 0 saturated carbocycles. The summed E-state index contributed by atoms with van der Waals surface area (Å²) in [5.41, 5.74) is 2.08. The van der Waals surface area contributed by atoms with Crippen molar-refractivity contribution < 1.29 is 14.0 Å². The molecule has 0 heterocycles. The average Bonchev–Trinajstić information content (AvgIpc) is 2.55.